The number of nitrogens with zero attached hydrogens (tertiary/aromatic N) is 4. The van der Waals surface area contributed by atoms with Crippen molar-refractivity contribution < 1.29 is 0 Å². The second-order valence-electron chi connectivity index (χ2n) is 7.13. The van der Waals surface area contributed by atoms with E-state index in [-0.39, 0.29) is 27.7 Å². The van der Waals surface area contributed by atoms with Crippen LogP contribution in [0.5, 0.6) is 0 Å². The molecule has 3 rings (SSSR count). The zero-order valence-electron chi connectivity index (χ0n) is 15.4. The Morgan fingerprint density at radius 2 is 1.96 bits per heavy atom. The summed E-state index contributed by atoms with van der Waals surface area (Å²) in [5, 5.41) is 26.8. The number of benzene rings is 1. The molecule has 3 N–H and O–H groups in total. The fourth-order valence-electron chi connectivity index (χ4n) is 2.58. The number of thiocarbonyl (C=S) groups is 1. The van der Waals surface area contributed by atoms with E-state index in [2.05, 4.69) is 25.9 Å². The molecular formula is C18H19N7OS. The largest absolute Gasteiger partial charge is 0.332 e. The lowest BCUT2D eigenvalue weighted by atomic mass is 9.93. The predicted molar refractivity (Wildman–Crippen MR) is 108 cm³/mol. The SMILES string of the molecule is Cc1ccccc1NC(=S)Nc1[nH]n2c(=O)c(C(C)(C)C)nnc2c1C#N. The van der Waals surface area contributed by atoms with E-state index in [9.17, 15) is 10.1 Å². The molecule has 8 nitrogen and oxygen atoms in total. The van der Waals surface area contributed by atoms with E-state index in [0.717, 1.165) is 11.3 Å². The molecule has 0 aliphatic rings. The Bertz CT molecular complexity index is 1130. The van der Waals surface area contributed by atoms with E-state index >= 15 is 0 Å². The van der Waals surface area contributed by atoms with Crippen LogP contribution in [0.4, 0.5) is 11.5 Å². The second-order valence-corrected chi connectivity index (χ2v) is 7.54. The summed E-state index contributed by atoms with van der Waals surface area (Å²) in [6.45, 7) is 7.58. The van der Waals surface area contributed by atoms with Gasteiger partial charge in [-0.2, -0.15) is 9.78 Å². The lowest BCUT2D eigenvalue weighted by Gasteiger charge is -2.15. The van der Waals surface area contributed by atoms with Crippen LogP contribution in [0.15, 0.2) is 29.1 Å². The Labute approximate surface area is 161 Å². The third-order valence-corrected chi connectivity index (χ3v) is 4.22. The molecule has 0 aliphatic carbocycles. The summed E-state index contributed by atoms with van der Waals surface area (Å²) < 4.78 is 1.21. The number of rotatable bonds is 2. The summed E-state index contributed by atoms with van der Waals surface area (Å²) in [5.74, 6) is 0.279. The molecule has 0 saturated heterocycles. The highest BCUT2D eigenvalue weighted by Crippen LogP contribution is 2.20. The van der Waals surface area contributed by atoms with Crippen LogP contribution < -0.4 is 16.2 Å². The van der Waals surface area contributed by atoms with Crippen molar-refractivity contribution in [2.45, 2.75) is 33.1 Å². The van der Waals surface area contributed by atoms with Gasteiger partial charge >= 0.3 is 0 Å². The van der Waals surface area contributed by atoms with Gasteiger partial charge < -0.3 is 10.6 Å². The van der Waals surface area contributed by atoms with E-state index < -0.39 is 5.41 Å². The smallest absolute Gasteiger partial charge is 0.295 e. The minimum atomic E-state index is -0.474. The molecule has 0 atom stereocenters. The Hall–Kier alpha value is -3.25. The minimum Gasteiger partial charge on any atom is -0.332 e. The van der Waals surface area contributed by atoms with Crippen molar-refractivity contribution in [3.8, 4) is 6.07 Å². The number of aromatic amines is 1. The maximum atomic E-state index is 12.7. The van der Waals surface area contributed by atoms with Gasteiger partial charge in [0.05, 0.1) is 0 Å². The molecule has 138 valence electrons. The second kappa shape index (κ2) is 6.81. The van der Waals surface area contributed by atoms with Crippen molar-refractivity contribution in [1.82, 2.24) is 19.8 Å². The summed E-state index contributed by atoms with van der Waals surface area (Å²) in [6, 6.07) is 9.72. The molecule has 0 bridgehead atoms. The van der Waals surface area contributed by atoms with Crippen LogP contribution in [0.3, 0.4) is 0 Å². The number of anilines is 2. The van der Waals surface area contributed by atoms with Gasteiger partial charge in [0.15, 0.2) is 10.8 Å². The maximum absolute atomic E-state index is 12.7. The van der Waals surface area contributed by atoms with Crippen LogP contribution in [0, 0.1) is 18.3 Å². The van der Waals surface area contributed by atoms with Crippen molar-refractivity contribution in [2.75, 3.05) is 10.6 Å². The number of nitriles is 1. The molecule has 0 spiro atoms. The molecule has 1 aromatic carbocycles. The number of H-pyrrole nitrogens is 1. The molecule has 0 saturated carbocycles. The quantitative estimate of drug-likeness (QED) is 0.585. The zero-order chi connectivity index (χ0) is 19.8. The van der Waals surface area contributed by atoms with Crippen LogP contribution in [0.2, 0.25) is 0 Å². The van der Waals surface area contributed by atoms with E-state index in [1.54, 1.807) is 0 Å². The van der Waals surface area contributed by atoms with Gasteiger partial charge in [-0.05, 0) is 30.8 Å². The standard InChI is InChI=1S/C18H19N7OS/c1-10-7-5-6-8-12(10)20-17(27)21-14-11(9-19)15-23-22-13(18(2,3)4)16(26)25(15)24-14/h5-8,24H,1-4H3,(H2,20,21,27). The molecule has 2 heterocycles. The van der Waals surface area contributed by atoms with Gasteiger partial charge in [-0.3, -0.25) is 9.89 Å². The Morgan fingerprint density at radius 1 is 1.26 bits per heavy atom. The number of para-hydroxylation sites is 1. The van der Waals surface area contributed by atoms with Gasteiger partial charge in [-0.15, -0.1) is 10.2 Å². The van der Waals surface area contributed by atoms with Crippen LogP contribution in [-0.2, 0) is 5.41 Å². The first-order valence-electron chi connectivity index (χ1n) is 8.28. The highest BCUT2D eigenvalue weighted by Gasteiger charge is 2.24. The normalized spacial score (nSPS) is 11.2. The monoisotopic (exact) mass is 381 g/mol. The minimum absolute atomic E-state index is 0.150. The van der Waals surface area contributed by atoms with E-state index in [1.807, 2.05) is 58.0 Å². The number of hydrogen-bond donors (Lipinski definition) is 3. The maximum Gasteiger partial charge on any atom is 0.295 e. The van der Waals surface area contributed by atoms with Crippen LogP contribution in [0.25, 0.3) is 5.65 Å². The van der Waals surface area contributed by atoms with Crippen molar-refractivity contribution in [2.24, 2.45) is 0 Å². The van der Waals surface area contributed by atoms with Crippen LogP contribution in [0.1, 0.15) is 37.6 Å². The van der Waals surface area contributed by atoms with Gasteiger partial charge in [0.2, 0.25) is 0 Å². The molecule has 0 radical (unpaired) electrons. The molecular weight excluding hydrogens is 362 g/mol. The zero-order valence-corrected chi connectivity index (χ0v) is 16.2. The highest BCUT2D eigenvalue weighted by molar-refractivity contribution is 7.80. The van der Waals surface area contributed by atoms with Crippen molar-refractivity contribution in [1.29, 1.82) is 5.26 Å². The van der Waals surface area contributed by atoms with Crippen molar-refractivity contribution in [3.05, 3.63) is 51.4 Å². The lowest BCUT2D eigenvalue weighted by Crippen LogP contribution is -2.30. The highest BCUT2D eigenvalue weighted by atomic mass is 32.1. The molecule has 0 aliphatic heterocycles. The molecule has 3 aromatic rings. The Kier molecular flexibility index (Phi) is 4.68. The van der Waals surface area contributed by atoms with Gasteiger partial charge in [0, 0.05) is 11.1 Å². The lowest BCUT2D eigenvalue weighted by molar-refractivity contribution is 0.542. The number of hydrogen-bond acceptors (Lipinski definition) is 5. The molecule has 0 unspecified atom stereocenters. The molecule has 2 aromatic heterocycles. The van der Waals surface area contributed by atoms with Gasteiger partial charge in [-0.1, -0.05) is 39.0 Å². The Balaban J connectivity index is 1.99. The summed E-state index contributed by atoms with van der Waals surface area (Å²) in [4.78, 5) is 12.7. The van der Waals surface area contributed by atoms with Gasteiger partial charge in [0.25, 0.3) is 5.56 Å². The number of nitrogens with one attached hydrogen (secondary N) is 3. The van der Waals surface area contributed by atoms with Crippen molar-refractivity contribution in [3.63, 3.8) is 0 Å². The summed E-state index contributed by atoms with van der Waals surface area (Å²) in [5.41, 5.74) is 1.66. The summed E-state index contributed by atoms with van der Waals surface area (Å²) in [7, 11) is 0. The van der Waals surface area contributed by atoms with E-state index in [4.69, 9.17) is 12.2 Å². The fourth-order valence-corrected chi connectivity index (χ4v) is 2.79. The third-order valence-electron chi connectivity index (χ3n) is 4.01. The van der Waals surface area contributed by atoms with E-state index in [0.29, 0.717) is 5.69 Å². The first-order chi connectivity index (χ1) is 12.7. The number of aromatic nitrogens is 4. The predicted octanol–water partition coefficient (Wildman–Crippen LogP) is 2.70. The summed E-state index contributed by atoms with van der Waals surface area (Å²) >= 11 is 5.33. The number of fused-ring (bicyclic) bond motifs is 1. The van der Waals surface area contributed by atoms with Crippen LogP contribution in [-0.4, -0.2) is 24.9 Å². The first-order valence-corrected chi connectivity index (χ1v) is 8.69. The molecule has 27 heavy (non-hydrogen) atoms. The third kappa shape index (κ3) is 3.52. The molecule has 0 fully saturated rings. The topological polar surface area (TPSA) is 111 Å². The summed E-state index contributed by atoms with van der Waals surface area (Å²) in [6.07, 6.45) is 0. The Morgan fingerprint density at radius 3 is 2.59 bits per heavy atom. The van der Waals surface area contributed by atoms with E-state index in [1.165, 1.54) is 4.52 Å². The first kappa shape index (κ1) is 18.5. The average Bonchev–Trinajstić information content (AvgIpc) is 2.94. The van der Waals surface area contributed by atoms with Gasteiger partial charge in [0.1, 0.15) is 23.1 Å². The number of aryl methyl sites for hydroxylation is 1. The van der Waals surface area contributed by atoms with Crippen molar-refractivity contribution >= 4 is 34.5 Å². The molecule has 0 amide bonds. The van der Waals surface area contributed by atoms with Gasteiger partial charge in [-0.25, -0.2) is 0 Å². The average molecular weight is 381 g/mol. The fraction of sp³-hybridized carbons (Fsp3) is 0.278. The molecule has 9 heteroatoms. The van der Waals surface area contributed by atoms with Crippen LogP contribution >= 0.6 is 12.2 Å².